The van der Waals surface area contributed by atoms with Crippen LogP contribution in [0.1, 0.15) is 49.8 Å². The fourth-order valence-corrected chi connectivity index (χ4v) is 7.47. The minimum absolute atomic E-state index is 0.0636. The van der Waals surface area contributed by atoms with Gasteiger partial charge < -0.3 is 25.8 Å². The fourth-order valence-electron chi connectivity index (χ4n) is 6.54. The number of pyridine rings is 1. The van der Waals surface area contributed by atoms with E-state index in [9.17, 15) is 14.8 Å². The maximum atomic E-state index is 16.6. The first kappa shape index (κ1) is 25.5. The topological polar surface area (TPSA) is 133 Å². The van der Waals surface area contributed by atoms with Gasteiger partial charge >= 0.3 is 0 Å². The highest BCUT2D eigenvalue weighted by Crippen LogP contribution is 2.45. The van der Waals surface area contributed by atoms with E-state index in [4.69, 9.17) is 15.5 Å². The number of aromatic nitrogens is 3. The lowest BCUT2D eigenvalue weighted by molar-refractivity contribution is -0.0417. The normalized spacial score (nSPS) is 25.9. The Morgan fingerprint density at radius 2 is 2.02 bits per heavy atom. The molecule has 7 rings (SSSR count). The van der Waals surface area contributed by atoms with Crippen LogP contribution in [0.3, 0.4) is 0 Å². The second-order valence-electron chi connectivity index (χ2n) is 11.3. The molecule has 2 fully saturated rings. The van der Waals surface area contributed by atoms with Crippen molar-refractivity contribution >= 4 is 43.3 Å². The number of ether oxygens (including phenoxy) is 1. The van der Waals surface area contributed by atoms with Gasteiger partial charge in [0, 0.05) is 47.2 Å². The van der Waals surface area contributed by atoms with Gasteiger partial charge in [0.15, 0.2) is 11.6 Å². The second-order valence-corrected chi connectivity index (χ2v) is 12.3. The van der Waals surface area contributed by atoms with Crippen LogP contribution in [0, 0.1) is 23.0 Å². The lowest BCUT2D eigenvalue weighted by Crippen LogP contribution is -2.56. The molecule has 1 aromatic carbocycles. The van der Waals surface area contributed by atoms with Crippen molar-refractivity contribution in [3.63, 3.8) is 0 Å². The molecule has 0 spiro atoms. The van der Waals surface area contributed by atoms with Crippen molar-refractivity contribution < 1.29 is 18.6 Å². The van der Waals surface area contributed by atoms with Gasteiger partial charge in [-0.15, -0.1) is 11.3 Å². The van der Waals surface area contributed by atoms with Gasteiger partial charge in [0.25, 0.3) is 0 Å². The van der Waals surface area contributed by atoms with Crippen LogP contribution in [0.5, 0.6) is 0 Å². The Bertz CT molecular complexity index is 1740. The van der Waals surface area contributed by atoms with Crippen LogP contribution in [-0.2, 0) is 18.0 Å². The van der Waals surface area contributed by atoms with Gasteiger partial charge in [0.2, 0.25) is 5.95 Å². The molecule has 40 heavy (non-hydrogen) atoms. The molecule has 1 aliphatic carbocycles. The zero-order valence-electron chi connectivity index (χ0n) is 22.0. The first-order valence-corrected chi connectivity index (χ1v) is 14.1. The van der Waals surface area contributed by atoms with Crippen molar-refractivity contribution in [1.82, 2.24) is 20.3 Å². The lowest BCUT2D eigenvalue weighted by atomic mass is 9.77. The summed E-state index contributed by atoms with van der Waals surface area (Å²) < 4.78 is 37.2. The number of hydrogen-bond acceptors (Lipinski definition) is 10. The summed E-state index contributed by atoms with van der Waals surface area (Å²) in [4.78, 5) is 15.7. The van der Waals surface area contributed by atoms with E-state index in [2.05, 4.69) is 27.1 Å². The summed E-state index contributed by atoms with van der Waals surface area (Å²) in [5.41, 5.74) is 7.28. The number of rotatable bonds is 4. The molecule has 3 aromatic heterocycles. The van der Waals surface area contributed by atoms with Gasteiger partial charge in [0.1, 0.15) is 16.6 Å². The van der Waals surface area contributed by atoms with Gasteiger partial charge in [-0.2, -0.15) is 5.26 Å². The molecule has 9 nitrogen and oxygen atoms in total. The number of nitriles is 1. The summed E-state index contributed by atoms with van der Waals surface area (Å²) in [6, 6.07) is 2.56. The van der Waals surface area contributed by atoms with Gasteiger partial charge in [-0.25, -0.2) is 18.7 Å². The number of hydrogen-bond donors (Lipinski definition) is 3. The number of nitrogen functional groups attached to an aromatic ring is 1. The van der Waals surface area contributed by atoms with Crippen molar-refractivity contribution in [3.05, 3.63) is 40.7 Å². The molecular weight excluding hydrogens is 536 g/mol. The van der Waals surface area contributed by atoms with Crippen LogP contribution in [-0.4, -0.2) is 50.3 Å². The van der Waals surface area contributed by atoms with E-state index in [1.807, 2.05) is 13.0 Å². The average molecular weight is 564 g/mol. The van der Waals surface area contributed by atoms with Gasteiger partial charge in [-0.05, 0) is 44.2 Å². The van der Waals surface area contributed by atoms with Crippen LogP contribution >= 0.6 is 11.3 Å². The van der Waals surface area contributed by atoms with Crippen molar-refractivity contribution in [2.45, 2.75) is 70.1 Å². The van der Waals surface area contributed by atoms with Crippen molar-refractivity contribution in [2.24, 2.45) is 0 Å². The number of nitrogens with one attached hydrogen (secondary N) is 1. The SMILES string of the molecule is C[C@H]1[C@@H](NC2CC(C)(O)C2)CCN1c1ncc2c3c(c(-c4ncc(F)c5sc(N)c(C#N)c45)c(F)c2n1)COC3. The molecule has 2 aliphatic heterocycles. The van der Waals surface area contributed by atoms with E-state index in [1.54, 1.807) is 6.20 Å². The summed E-state index contributed by atoms with van der Waals surface area (Å²) in [7, 11) is 0. The molecular formula is C28H27F2N7O2S. The van der Waals surface area contributed by atoms with Crippen LogP contribution in [0.15, 0.2) is 12.4 Å². The van der Waals surface area contributed by atoms with E-state index in [1.165, 1.54) is 0 Å². The molecule has 1 saturated carbocycles. The number of nitrogens with two attached hydrogens (primary N) is 1. The maximum Gasteiger partial charge on any atom is 0.226 e. The van der Waals surface area contributed by atoms with Crippen molar-refractivity contribution in [1.29, 1.82) is 5.26 Å². The monoisotopic (exact) mass is 563 g/mol. The Kier molecular flexibility index (Phi) is 5.73. The molecule has 3 aliphatic rings. The Labute approximate surface area is 232 Å². The molecule has 5 heterocycles. The molecule has 206 valence electrons. The van der Waals surface area contributed by atoms with Crippen LogP contribution in [0.2, 0.25) is 0 Å². The minimum Gasteiger partial charge on any atom is -0.390 e. The Morgan fingerprint density at radius 3 is 2.77 bits per heavy atom. The Morgan fingerprint density at radius 1 is 1.25 bits per heavy atom. The number of anilines is 2. The van der Waals surface area contributed by atoms with Gasteiger partial charge in [-0.1, -0.05) is 0 Å². The quantitative estimate of drug-likeness (QED) is 0.335. The summed E-state index contributed by atoms with van der Waals surface area (Å²) in [5.74, 6) is -0.814. The van der Waals surface area contributed by atoms with Crippen LogP contribution in [0.4, 0.5) is 19.7 Å². The number of aliphatic hydroxyl groups is 1. The van der Waals surface area contributed by atoms with Gasteiger partial charge in [0.05, 0.1) is 41.0 Å². The third-order valence-electron chi connectivity index (χ3n) is 8.57. The molecule has 0 bridgehead atoms. The number of fused-ring (bicyclic) bond motifs is 4. The van der Waals surface area contributed by atoms with Crippen LogP contribution in [0.25, 0.3) is 32.2 Å². The first-order valence-electron chi connectivity index (χ1n) is 13.3. The maximum absolute atomic E-state index is 16.6. The summed E-state index contributed by atoms with van der Waals surface area (Å²) in [6.07, 6.45) is 4.99. The van der Waals surface area contributed by atoms with E-state index >= 15 is 4.39 Å². The van der Waals surface area contributed by atoms with E-state index < -0.39 is 17.2 Å². The third-order valence-corrected chi connectivity index (χ3v) is 9.59. The van der Waals surface area contributed by atoms with Gasteiger partial charge in [-0.3, -0.25) is 4.98 Å². The zero-order chi connectivity index (χ0) is 27.9. The number of benzene rings is 1. The molecule has 12 heteroatoms. The van der Waals surface area contributed by atoms with E-state index in [0.29, 0.717) is 23.4 Å². The van der Waals surface area contributed by atoms with E-state index in [0.717, 1.165) is 42.4 Å². The fraction of sp³-hybridized carbons (Fsp3) is 0.429. The van der Waals surface area contributed by atoms with Crippen molar-refractivity contribution in [3.8, 4) is 17.3 Å². The van der Waals surface area contributed by atoms with E-state index in [-0.39, 0.29) is 68.8 Å². The summed E-state index contributed by atoms with van der Waals surface area (Å²) in [6.45, 7) is 5.04. The predicted octanol–water partition coefficient (Wildman–Crippen LogP) is 4.14. The summed E-state index contributed by atoms with van der Waals surface area (Å²) >= 11 is 0.945. The lowest BCUT2D eigenvalue weighted by Gasteiger charge is -2.43. The van der Waals surface area contributed by atoms with Crippen LogP contribution < -0.4 is 16.0 Å². The highest BCUT2D eigenvalue weighted by atomic mass is 32.1. The van der Waals surface area contributed by atoms with Crippen molar-refractivity contribution in [2.75, 3.05) is 17.2 Å². The smallest absolute Gasteiger partial charge is 0.226 e. The molecule has 4 aromatic rings. The molecule has 2 atom stereocenters. The molecule has 0 radical (unpaired) electrons. The average Bonchev–Trinajstić information content (AvgIpc) is 3.62. The molecule has 4 N–H and O–H groups in total. The number of halogens is 2. The Hall–Kier alpha value is -3.50. The summed E-state index contributed by atoms with van der Waals surface area (Å²) in [5, 5.41) is 24.4. The minimum atomic E-state index is -0.618. The standard InChI is InChI=1S/C28H27F2N7O2S/c1-12-19(35-13-5-28(2,38)6-13)3-4-37(12)27-34-8-15-16-10-39-11-17(16)20(22(30)23(15)36-27)24-21-14(7-31)26(32)40-25(21)18(29)9-33-24/h8-9,12-13,19,35,38H,3-6,10-11,32H2,1-2H3/t12-,13?,19-,28?/m0/s1. The molecule has 0 amide bonds. The number of thiophene rings is 1. The zero-order valence-corrected chi connectivity index (χ0v) is 22.8. The third kappa shape index (κ3) is 3.76. The highest BCUT2D eigenvalue weighted by Gasteiger charge is 2.42. The predicted molar refractivity (Wildman–Crippen MR) is 148 cm³/mol. The molecule has 1 saturated heterocycles. The Balaban J connectivity index is 1.33. The largest absolute Gasteiger partial charge is 0.390 e. The first-order chi connectivity index (χ1) is 19.2. The highest BCUT2D eigenvalue weighted by molar-refractivity contribution is 7.23. The molecule has 0 unspecified atom stereocenters. The number of nitrogens with zero attached hydrogens (tertiary/aromatic N) is 5. The second kappa shape index (κ2) is 9.01.